The average Bonchev–Trinajstić information content (AvgIpc) is 3.34. The van der Waals surface area contributed by atoms with E-state index in [0.717, 1.165) is 10.6 Å². The van der Waals surface area contributed by atoms with Crippen molar-refractivity contribution in [1.29, 1.82) is 5.26 Å². The van der Waals surface area contributed by atoms with Gasteiger partial charge in [0.15, 0.2) is 11.5 Å². The Hall–Kier alpha value is -3.76. The molecule has 0 aliphatic rings. The summed E-state index contributed by atoms with van der Waals surface area (Å²) in [7, 11) is 0. The van der Waals surface area contributed by atoms with Crippen molar-refractivity contribution in [2.45, 2.75) is 13.5 Å². The summed E-state index contributed by atoms with van der Waals surface area (Å²) < 4.78 is 17.1. The number of amides is 1. The van der Waals surface area contributed by atoms with Gasteiger partial charge >= 0.3 is 0 Å². The smallest absolute Gasteiger partial charge is 0.262 e. The lowest BCUT2D eigenvalue weighted by Gasteiger charge is -2.13. The Morgan fingerprint density at radius 2 is 1.84 bits per heavy atom. The molecule has 2 aromatic carbocycles. The first-order valence-corrected chi connectivity index (χ1v) is 11.1. The summed E-state index contributed by atoms with van der Waals surface area (Å²) >= 11 is 1.55. The maximum absolute atomic E-state index is 12.4. The molecule has 1 N–H and O–H groups in total. The predicted molar refractivity (Wildman–Crippen MR) is 125 cm³/mol. The number of thiophene rings is 1. The molecule has 0 radical (unpaired) electrons. The van der Waals surface area contributed by atoms with Crippen molar-refractivity contribution < 1.29 is 19.0 Å². The van der Waals surface area contributed by atoms with Crippen molar-refractivity contribution in [3.63, 3.8) is 0 Å². The van der Waals surface area contributed by atoms with Crippen LogP contribution in [0.15, 0.2) is 71.6 Å². The van der Waals surface area contributed by atoms with Crippen LogP contribution in [0.2, 0.25) is 0 Å². The Balaban J connectivity index is 1.62. The van der Waals surface area contributed by atoms with E-state index in [0.29, 0.717) is 43.4 Å². The molecule has 1 heterocycles. The van der Waals surface area contributed by atoms with E-state index in [1.54, 1.807) is 29.5 Å². The number of nitrogens with zero attached hydrogens (tertiary/aromatic N) is 1. The van der Waals surface area contributed by atoms with Crippen LogP contribution in [0.3, 0.4) is 0 Å². The molecule has 0 fully saturated rings. The molecule has 0 bridgehead atoms. The Morgan fingerprint density at radius 3 is 2.56 bits per heavy atom. The van der Waals surface area contributed by atoms with Crippen LogP contribution in [0, 0.1) is 11.3 Å². The highest BCUT2D eigenvalue weighted by molar-refractivity contribution is 7.09. The van der Waals surface area contributed by atoms with Gasteiger partial charge in [-0.2, -0.15) is 5.26 Å². The van der Waals surface area contributed by atoms with Crippen LogP contribution < -0.4 is 19.5 Å². The minimum Gasteiger partial charge on any atom is -0.490 e. The summed E-state index contributed by atoms with van der Waals surface area (Å²) in [4.78, 5) is 13.4. The quantitative estimate of drug-likeness (QED) is 0.258. The van der Waals surface area contributed by atoms with E-state index < -0.39 is 5.91 Å². The van der Waals surface area contributed by atoms with Gasteiger partial charge in [-0.1, -0.05) is 30.3 Å². The fourth-order valence-corrected chi connectivity index (χ4v) is 3.47. The first kappa shape index (κ1) is 22.9. The number of nitriles is 1. The molecule has 0 saturated carbocycles. The second-order valence-electron chi connectivity index (χ2n) is 6.58. The first-order chi connectivity index (χ1) is 15.7. The zero-order valence-corrected chi connectivity index (χ0v) is 18.6. The Bertz CT molecular complexity index is 1070. The van der Waals surface area contributed by atoms with Crippen LogP contribution >= 0.6 is 11.3 Å². The van der Waals surface area contributed by atoms with Crippen LogP contribution in [0.1, 0.15) is 17.4 Å². The fourth-order valence-electron chi connectivity index (χ4n) is 2.82. The number of carbonyl (C=O) groups is 1. The van der Waals surface area contributed by atoms with Crippen LogP contribution in [-0.4, -0.2) is 25.7 Å². The summed E-state index contributed by atoms with van der Waals surface area (Å²) in [5, 5.41) is 14.1. The van der Waals surface area contributed by atoms with Gasteiger partial charge in [0.05, 0.1) is 13.2 Å². The van der Waals surface area contributed by atoms with E-state index >= 15 is 0 Å². The number of hydrogen-bond donors (Lipinski definition) is 1. The normalized spacial score (nSPS) is 10.8. The summed E-state index contributed by atoms with van der Waals surface area (Å²) in [6.07, 6.45) is 1.54. The van der Waals surface area contributed by atoms with Crippen LogP contribution in [0.25, 0.3) is 6.08 Å². The second kappa shape index (κ2) is 12.2. The topological polar surface area (TPSA) is 80.6 Å². The van der Waals surface area contributed by atoms with Crippen molar-refractivity contribution >= 4 is 23.3 Å². The molecule has 0 saturated heterocycles. The largest absolute Gasteiger partial charge is 0.490 e. The third kappa shape index (κ3) is 6.89. The Morgan fingerprint density at radius 1 is 1.03 bits per heavy atom. The summed E-state index contributed by atoms with van der Waals surface area (Å²) in [6.45, 7) is 3.45. The third-order valence-electron chi connectivity index (χ3n) is 4.30. The number of para-hydroxylation sites is 1. The molecule has 32 heavy (non-hydrogen) atoms. The monoisotopic (exact) mass is 448 g/mol. The van der Waals surface area contributed by atoms with Crippen LogP contribution in [0.4, 0.5) is 0 Å². The lowest BCUT2D eigenvalue weighted by atomic mass is 10.1. The van der Waals surface area contributed by atoms with Gasteiger partial charge in [0.25, 0.3) is 5.91 Å². The van der Waals surface area contributed by atoms with Crippen LogP contribution in [0.5, 0.6) is 17.2 Å². The zero-order valence-electron chi connectivity index (χ0n) is 17.7. The Kier molecular flexibility index (Phi) is 8.72. The maximum atomic E-state index is 12.4. The Labute approximate surface area is 191 Å². The van der Waals surface area contributed by atoms with Crippen molar-refractivity contribution in [2.75, 3.05) is 19.8 Å². The van der Waals surface area contributed by atoms with Gasteiger partial charge < -0.3 is 19.5 Å². The van der Waals surface area contributed by atoms with E-state index in [9.17, 15) is 10.1 Å². The molecule has 0 aliphatic heterocycles. The van der Waals surface area contributed by atoms with Crippen molar-refractivity contribution in [3.8, 4) is 23.3 Å². The lowest BCUT2D eigenvalue weighted by molar-refractivity contribution is -0.117. The first-order valence-electron chi connectivity index (χ1n) is 10.2. The van der Waals surface area contributed by atoms with E-state index in [1.165, 1.54) is 6.08 Å². The van der Waals surface area contributed by atoms with E-state index in [4.69, 9.17) is 14.2 Å². The van der Waals surface area contributed by atoms with E-state index in [2.05, 4.69) is 5.32 Å². The molecular formula is C25H24N2O4S. The van der Waals surface area contributed by atoms with Crippen molar-refractivity contribution in [1.82, 2.24) is 5.32 Å². The van der Waals surface area contributed by atoms with Gasteiger partial charge in [-0.25, -0.2) is 0 Å². The molecule has 7 heteroatoms. The molecule has 3 rings (SSSR count). The second-order valence-corrected chi connectivity index (χ2v) is 7.61. The van der Waals surface area contributed by atoms with E-state index in [-0.39, 0.29) is 5.57 Å². The molecule has 164 valence electrons. The molecule has 0 aliphatic carbocycles. The number of nitrogens with one attached hydrogen (secondary N) is 1. The fraction of sp³-hybridized carbons (Fsp3) is 0.200. The minimum atomic E-state index is -0.419. The van der Waals surface area contributed by atoms with Gasteiger partial charge in [-0.15, -0.1) is 11.3 Å². The molecule has 1 aromatic heterocycles. The summed E-state index contributed by atoms with van der Waals surface area (Å²) in [6, 6.07) is 20.6. The summed E-state index contributed by atoms with van der Waals surface area (Å²) in [5.74, 6) is 1.47. The number of rotatable bonds is 11. The highest BCUT2D eigenvalue weighted by Crippen LogP contribution is 2.29. The standard InChI is InChI=1S/C25H24N2O4S/c1-2-29-24-16-19(15-20(17-26)25(28)27-18-22-9-6-14-32-22)10-11-23(24)31-13-12-30-21-7-4-3-5-8-21/h3-11,14-16H,2,12-13,18H2,1H3,(H,27,28)/b20-15+. The summed E-state index contributed by atoms with van der Waals surface area (Å²) in [5.41, 5.74) is 0.693. The molecule has 0 spiro atoms. The molecule has 3 aromatic rings. The van der Waals surface area contributed by atoms with Gasteiger partial charge in [0, 0.05) is 4.88 Å². The maximum Gasteiger partial charge on any atom is 0.262 e. The zero-order chi connectivity index (χ0) is 22.6. The van der Waals surface area contributed by atoms with Gasteiger partial charge in [-0.05, 0) is 54.3 Å². The van der Waals surface area contributed by atoms with Crippen molar-refractivity contribution in [2.24, 2.45) is 0 Å². The highest BCUT2D eigenvalue weighted by atomic mass is 32.1. The molecule has 0 unspecified atom stereocenters. The number of ether oxygens (including phenoxy) is 3. The van der Waals surface area contributed by atoms with Gasteiger partial charge in [0.2, 0.25) is 0 Å². The third-order valence-corrected chi connectivity index (χ3v) is 5.18. The highest BCUT2D eigenvalue weighted by Gasteiger charge is 2.11. The molecule has 1 amide bonds. The average molecular weight is 449 g/mol. The molecule has 0 atom stereocenters. The number of benzene rings is 2. The van der Waals surface area contributed by atoms with Gasteiger partial charge in [-0.3, -0.25) is 4.79 Å². The SMILES string of the molecule is CCOc1cc(/C=C(\C#N)C(=O)NCc2cccs2)ccc1OCCOc1ccccc1. The van der Waals surface area contributed by atoms with Crippen LogP contribution in [-0.2, 0) is 11.3 Å². The predicted octanol–water partition coefficient (Wildman–Crippen LogP) is 4.83. The number of hydrogen-bond acceptors (Lipinski definition) is 6. The van der Waals surface area contributed by atoms with E-state index in [1.807, 2.05) is 60.8 Å². The minimum absolute atomic E-state index is 0.0222. The van der Waals surface area contributed by atoms with Gasteiger partial charge in [0.1, 0.15) is 30.6 Å². The molecule has 6 nitrogen and oxygen atoms in total. The van der Waals surface area contributed by atoms with Crippen molar-refractivity contribution in [3.05, 3.63) is 82.1 Å². The number of carbonyl (C=O) groups excluding carboxylic acids is 1. The molecular weight excluding hydrogens is 424 g/mol. The lowest BCUT2D eigenvalue weighted by Crippen LogP contribution is -2.23.